The van der Waals surface area contributed by atoms with Crippen molar-refractivity contribution in [3.8, 4) is 11.5 Å². The molecule has 32 heteroatoms. The molecule has 2 aliphatic carbocycles. The molecule has 2 saturated carbocycles. The van der Waals surface area contributed by atoms with Crippen LogP contribution in [0.5, 0.6) is 11.5 Å². The summed E-state index contributed by atoms with van der Waals surface area (Å²) < 4.78 is 58.0. The van der Waals surface area contributed by atoms with Crippen LogP contribution in [0.3, 0.4) is 0 Å². The first-order valence-corrected chi connectivity index (χ1v) is 38.2. The summed E-state index contributed by atoms with van der Waals surface area (Å²) in [7, 11) is 1.59. The molecular weight excluding hydrogens is 1440 g/mol. The average molecular weight is 1540 g/mol. The van der Waals surface area contributed by atoms with Gasteiger partial charge in [-0.25, -0.2) is 19.0 Å². The van der Waals surface area contributed by atoms with Crippen molar-refractivity contribution in [3.05, 3.63) is 154 Å². The fourth-order valence-corrected chi connectivity index (χ4v) is 15.4. The number of likely N-dealkylation sites (tertiary alicyclic amines) is 2. The second-order valence-electron chi connectivity index (χ2n) is 30.1. The quantitative estimate of drug-likeness (QED) is 0.0551. The molecule has 0 radical (unpaired) electrons. The zero-order chi connectivity index (χ0) is 79.2. The van der Waals surface area contributed by atoms with Crippen LogP contribution in [-0.4, -0.2) is 184 Å². The number of ether oxygens (including phenoxy) is 2. The Morgan fingerprint density at radius 1 is 0.577 bits per heavy atom. The third-order valence-electron chi connectivity index (χ3n) is 22.1. The van der Waals surface area contributed by atoms with Crippen LogP contribution in [0.1, 0.15) is 161 Å². The van der Waals surface area contributed by atoms with E-state index in [9.17, 15) is 52.2 Å². The van der Waals surface area contributed by atoms with Gasteiger partial charge in [0.25, 0.3) is 0 Å². The van der Waals surface area contributed by atoms with E-state index in [1.165, 1.54) is 25.2 Å². The Balaban J connectivity index is 0.917. The minimum absolute atomic E-state index is 0.0263. The van der Waals surface area contributed by atoms with E-state index in [2.05, 4.69) is 57.8 Å². The van der Waals surface area contributed by atoms with E-state index < -0.39 is 144 Å². The van der Waals surface area contributed by atoms with Gasteiger partial charge in [0.05, 0.1) is 36.1 Å². The third kappa shape index (κ3) is 21.0. The molecule has 594 valence electrons. The number of alkyl halides is 3. The molecule has 12 bridgehead atoms. The maximum absolute atomic E-state index is 15.4. The Morgan fingerprint density at radius 2 is 1.01 bits per heavy atom. The molecule has 6 aromatic rings. The summed E-state index contributed by atoms with van der Waals surface area (Å²) in [5, 5.41) is 58.6. The molecule has 111 heavy (non-hydrogen) atoms. The van der Waals surface area contributed by atoms with Crippen LogP contribution < -0.4 is 46.7 Å². The van der Waals surface area contributed by atoms with Crippen molar-refractivity contribution in [2.45, 2.75) is 223 Å². The van der Waals surface area contributed by atoms with Gasteiger partial charge < -0.3 is 66.7 Å². The van der Waals surface area contributed by atoms with E-state index in [4.69, 9.17) is 9.47 Å². The van der Waals surface area contributed by atoms with Crippen LogP contribution in [0.15, 0.2) is 109 Å². The van der Waals surface area contributed by atoms with E-state index >= 15 is 19.2 Å². The lowest BCUT2D eigenvalue weighted by Crippen LogP contribution is -2.60. The number of carboxylic acid groups (broad SMARTS) is 2. The van der Waals surface area contributed by atoms with E-state index in [0.29, 0.717) is 71.7 Å². The van der Waals surface area contributed by atoms with Gasteiger partial charge in [-0.15, -0.1) is 10.2 Å². The van der Waals surface area contributed by atoms with Gasteiger partial charge >= 0.3 is 18.1 Å². The molecule has 8 aliphatic rings. The summed E-state index contributed by atoms with van der Waals surface area (Å²) in [4.78, 5) is 147. The Hall–Kier alpha value is -10.8. The number of carbonyl (C=O) groups excluding carboxylic acids is 8. The summed E-state index contributed by atoms with van der Waals surface area (Å²) >= 11 is 0. The van der Waals surface area contributed by atoms with Gasteiger partial charge in [0, 0.05) is 57.5 Å². The second kappa shape index (κ2) is 36.8. The average Bonchev–Trinajstić information content (AvgIpc) is 1.66. The monoisotopic (exact) mass is 1540 g/mol. The maximum Gasteiger partial charge on any atom is 0.416 e. The SMILES string of the molecule is CC[C@@H](C)C(=O)N[C@H](C(=O)N1C[C@@H]2C[C@H]1C(=O)N[C@@H](Cc1cccc(C)c1)C(=O)N[C@H](C(=O)O)Cc1ccc(cc1)OCc1cn(nn1)[C@H]1C[C@@H](C(=O)N[C@@H](Cc3cccc(C(F)(F)F)c3)C(=O)N[C@H](C(=O)O)Cc3ccc(cc3)OCc3cn2nn3)N(C(=O)[C@@H](NC(=O)[C@H](C)NC)C2CCCCC2)C1)C1CCCCC1. The minimum Gasteiger partial charge on any atom is -0.487 e. The lowest BCUT2D eigenvalue weighted by molar-refractivity contribution is -0.144. The first kappa shape index (κ1) is 81.2. The van der Waals surface area contributed by atoms with Crippen LogP contribution >= 0.6 is 0 Å². The van der Waals surface area contributed by atoms with Gasteiger partial charge in [0.2, 0.25) is 47.3 Å². The third-order valence-corrected chi connectivity index (χ3v) is 22.1. The largest absolute Gasteiger partial charge is 0.487 e. The smallest absolute Gasteiger partial charge is 0.416 e. The molecule has 29 nitrogen and oxygen atoms in total. The Labute approximate surface area is 640 Å². The van der Waals surface area contributed by atoms with Crippen LogP contribution in [0.2, 0.25) is 0 Å². The number of likely N-dealkylation sites (N-methyl/N-ethyl adjacent to an activating group) is 1. The van der Waals surface area contributed by atoms with E-state index in [0.717, 1.165) is 62.3 Å². The number of hydrogen-bond acceptors (Lipinski definition) is 17. The number of nitrogens with one attached hydrogen (secondary N) is 7. The van der Waals surface area contributed by atoms with E-state index in [1.807, 2.05) is 26.0 Å². The molecule has 8 heterocycles. The molecule has 6 aliphatic heterocycles. The Kier molecular flexibility index (Phi) is 26.9. The van der Waals surface area contributed by atoms with Gasteiger partial charge in [-0.05, 0) is 117 Å². The molecule has 0 spiro atoms. The number of rotatable bonds is 16. The lowest BCUT2D eigenvalue weighted by Gasteiger charge is -2.35. The fraction of sp³-hybridized carbons (Fsp3) is 0.519. The molecule has 4 fully saturated rings. The highest BCUT2D eigenvalue weighted by Crippen LogP contribution is 2.36. The molecule has 0 unspecified atom stereocenters. The lowest BCUT2D eigenvalue weighted by atomic mass is 9.83. The number of halogens is 3. The molecule has 9 N–H and O–H groups in total. The van der Waals surface area contributed by atoms with Crippen LogP contribution in [0.4, 0.5) is 13.2 Å². The number of aryl methyl sites for hydroxylation is 1. The fourth-order valence-electron chi connectivity index (χ4n) is 15.4. The van der Waals surface area contributed by atoms with Crippen LogP contribution in [-0.2, 0) is 93.0 Å². The van der Waals surface area contributed by atoms with Crippen molar-refractivity contribution >= 4 is 59.2 Å². The highest BCUT2D eigenvalue weighted by molar-refractivity contribution is 5.98. The van der Waals surface area contributed by atoms with Crippen LogP contribution in [0.25, 0.3) is 0 Å². The van der Waals surface area contributed by atoms with Gasteiger partial charge in [-0.1, -0.05) is 135 Å². The molecule has 2 aromatic heterocycles. The standard InChI is InChI=1S/C79H98F3N15O14/c1-6-46(3)69(98)88-67(52-18-9-7-10-19-52)75(104)94-41-57-37-65(94)73(102)84-61(35-50-16-13-15-45(2)31-50)71(100)86-63(77(106)107)33-48-23-27-59(28-24-48)111-44-56-40-97(93-91-56)58-38-66(95(42-58)76(105)68(53-20-11-8-12-21-53)89-70(99)47(4)83-5)74(103)85-62(36-51-17-14-22-54(32-51)79(80,81)82)72(101)87-64(78(108)109)34-49-25-29-60(30-26-49)110-43-55-39-96(57)92-90-55/h13-17,22-32,39-40,46-47,52-53,57-58,61-68,83H,6-12,18-21,33-38,41-44H2,1-5H3,(H,84,102)(H,85,103)(H,86,100)(H,87,101)(H,88,98)(H,89,99)(H,106,107)(H,108,109)/t46-,47+,57+,58+,61+,62+,63+,64+,65+,66+,67+,68+/m1/s1. The topological polar surface area (TPSA) is 382 Å². The number of aliphatic carboxylic acids is 2. The summed E-state index contributed by atoms with van der Waals surface area (Å²) in [5.74, 6) is -8.65. The molecule has 12 atom stereocenters. The first-order chi connectivity index (χ1) is 53.2. The normalized spacial score (nSPS) is 23.4. The number of hydrogen-bond donors (Lipinski definition) is 9. The number of nitrogens with zero attached hydrogens (tertiary/aromatic N) is 8. The maximum atomic E-state index is 15.4. The second-order valence-corrected chi connectivity index (χ2v) is 30.1. The number of amides is 8. The molecule has 2 saturated heterocycles. The van der Waals surface area contributed by atoms with Crippen LogP contribution in [0, 0.1) is 24.7 Å². The summed E-state index contributed by atoms with van der Waals surface area (Å²) in [6.07, 6.45) is 5.02. The van der Waals surface area contributed by atoms with Crippen molar-refractivity contribution in [2.75, 3.05) is 20.1 Å². The van der Waals surface area contributed by atoms with Gasteiger partial charge in [-0.2, -0.15) is 13.2 Å². The number of carbonyl (C=O) groups is 10. The zero-order valence-electron chi connectivity index (χ0n) is 62.8. The van der Waals surface area contributed by atoms with E-state index in [-0.39, 0.29) is 81.7 Å². The van der Waals surface area contributed by atoms with Gasteiger partial charge in [0.15, 0.2) is 0 Å². The van der Waals surface area contributed by atoms with Crippen molar-refractivity contribution in [1.82, 2.24) is 77.0 Å². The highest BCUT2D eigenvalue weighted by atomic mass is 19.4. The van der Waals surface area contributed by atoms with Crippen molar-refractivity contribution in [1.29, 1.82) is 0 Å². The Morgan fingerprint density at radius 3 is 1.42 bits per heavy atom. The molecule has 14 rings (SSSR count). The number of aromatic nitrogens is 6. The summed E-state index contributed by atoms with van der Waals surface area (Å²) in [6.45, 7) is 6.56. The van der Waals surface area contributed by atoms with Crippen molar-refractivity contribution in [3.63, 3.8) is 0 Å². The summed E-state index contributed by atoms with van der Waals surface area (Å²) in [5.41, 5.74) is 1.89. The Bertz CT molecular complexity index is 4300. The molecule has 8 amide bonds. The number of carboxylic acids is 2. The molecule has 4 aromatic carbocycles. The first-order valence-electron chi connectivity index (χ1n) is 38.2. The molecular formula is C79H98F3N15O14. The predicted molar refractivity (Wildman–Crippen MR) is 395 cm³/mol. The predicted octanol–water partition coefficient (Wildman–Crippen LogP) is 5.82. The minimum atomic E-state index is -4.81. The summed E-state index contributed by atoms with van der Waals surface area (Å²) in [6, 6.07) is 10.8. The number of benzene rings is 4. The van der Waals surface area contributed by atoms with Crippen molar-refractivity contribution in [2.24, 2.45) is 17.8 Å². The van der Waals surface area contributed by atoms with Gasteiger partial charge in [0.1, 0.15) is 84.4 Å². The zero-order valence-corrected chi connectivity index (χ0v) is 62.8. The van der Waals surface area contributed by atoms with Gasteiger partial charge in [-0.3, -0.25) is 38.4 Å². The van der Waals surface area contributed by atoms with Crippen molar-refractivity contribution < 1.29 is 80.8 Å². The van der Waals surface area contributed by atoms with E-state index in [1.54, 1.807) is 94.0 Å². The highest BCUT2D eigenvalue weighted by Gasteiger charge is 2.49.